The number of nitrogens with zero attached hydrogens (tertiary/aromatic N) is 1. The number of carbonyl (C=O) groups is 1. The van der Waals surface area contributed by atoms with Crippen LogP contribution in [0.1, 0.15) is 48.4 Å². The van der Waals surface area contributed by atoms with Crippen LogP contribution in [0.4, 0.5) is 5.69 Å². The maximum Gasteiger partial charge on any atom is 0.226 e. The van der Waals surface area contributed by atoms with Crippen molar-refractivity contribution in [1.82, 2.24) is 10.6 Å². The Kier molecular flexibility index (Phi) is 6.16. The van der Waals surface area contributed by atoms with Gasteiger partial charge >= 0.3 is 0 Å². The van der Waals surface area contributed by atoms with Crippen molar-refractivity contribution in [2.45, 2.75) is 50.7 Å². The number of hydrogen-bond donors (Lipinski definition) is 2. The van der Waals surface area contributed by atoms with Gasteiger partial charge in [-0.25, -0.2) is 0 Å². The van der Waals surface area contributed by atoms with Crippen LogP contribution in [0.15, 0.2) is 42.5 Å². The van der Waals surface area contributed by atoms with E-state index in [0.29, 0.717) is 25.0 Å². The van der Waals surface area contributed by atoms with Gasteiger partial charge in [-0.2, -0.15) is 0 Å². The third-order valence-electron chi connectivity index (χ3n) is 6.23. The van der Waals surface area contributed by atoms with E-state index in [-0.39, 0.29) is 5.91 Å². The molecule has 0 bridgehead atoms. The zero-order valence-electron chi connectivity index (χ0n) is 17.4. The molecule has 2 N–H and O–H groups in total. The molecule has 2 aromatic carbocycles. The van der Waals surface area contributed by atoms with Gasteiger partial charge in [0.15, 0.2) is 0 Å². The third kappa shape index (κ3) is 4.31. The summed E-state index contributed by atoms with van der Waals surface area (Å²) in [5.74, 6) is 1.09. The first-order valence-electron chi connectivity index (χ1n) is 10.7. The predicted octanol–water partition coefficient (Wildman–Crippen LogP) is 3.58. The number of amides is 1. The lowest BCUT2D eigenvalue weighted by Gasteiger charge is -2.34. The second-order valence-corrected chi connectivity index (χ2v) is 8.07. The van der Waals surface area contributed by atoms with E-state index in [1.54, 1.807) is 12.0 Å². The lowest BCUT2D eigenvalue weighted by atomic mass is 9.92. The Bertz CT molecular complexity index is 853. The van der Waals surface area contributed by atoms with Gasteiger partial charge in [0.25, 0.3) is 0 Å². The van der Waals surface area contributed by atoms with Crippen LogP contribution in [0.5, 0.6) is 5.75 Å². The molecule has 2 aliphatic rings. The highest BCUT2D eigenvalue weighted by molar-refractivity contribution is 5.94. The van der Waals surface area contributed by atoms with Crippen molar-refractivity contribution in [2.75, 3.05) is 25.6 Å². The second kappa shape index (κ2) is 8.97. The van der Waals surface area contributed by atoms with E-state index in [2.05, 4.69) is 53.1 Å². The maximum atomic E-state index is 12.3. The van der Waals surface area contributed by atoms with E-state index < -0.39 is 0 Å². The summed E-state index contributed by atoms with van der Waals surface area (Å²) >= 11 is 0. The number of fused-ring (bicyclic) bond motifs is 1. The Labute approximate surface area is 173 Å². The van der Waals surface area contributed by atoms with Crippen LogP contribution >= 0.6 is 0 Å². The lowest BCUT2D eigenvalue weighted by Crippen LogP contribution is -2.45. The van der Waals surface area contributed by atoms with Crippen molar-refractivity contribution in [3.63, 3.8) is 0 Å². The molecule has 0 spiro atoms. The first-order chi connectivity index (χ1) is 14.2. The van der Waals surface area contributed by atoms with E-state index in [9.17, 15) is 4.79 Å². The summed E-state index contributed by atoms with van der Waals surface area (Å²) in [6.45, 7) is 1.76. The molecule has 0 aromatic heterocycles. The van der Waals surface area contributed by atoms with Crippen molar-refractivity contribution in [3.8, 4) is 5.75 Å². The van der Waals surface area contributed by atoms with E-state index in [1.807, 2.05) is 7.05 Å². The van der Waals surface area contributed by atoms with Crippen molar-refractivity contribution in [2.24, 2.45) is 0 Å². The highest BCUT2D eigenvalue weighted by atomic mass is 16.5. The molecule has 5 heteroatoms. The van der Waals surface area contributed by atoms with Crippen LogP contribution in [0.2, 0.25) is 0 Å². The van der Waals surface area contributed by atoms with E-state index in [4.69, 9.17) is 4.74 Å². The minimum Gasteiger partial charge on any atom is -0.496 e. The number of methoxy groups -OCH3 is 1. The topological polar surface area (TPSA) is 53.6 Å². The highest BCUT2D eigenvalue weighted by Crippen LogP contribution is 2.33. The molecule has 0 unspecified atom stereocenters. The molecule has 0 radical (unpaired) electrons. The fraction of sp³-hybridized carbons (Fsp3) is 0.458. The van der Waals surface area contributed by atoms with Gasteiger partial charge in [0.2, 0.25) is 5.91 Å². The number of benzene rings is 2. The van der Waals surface area contributed by atoms with Gasteiger partial charge in [-0.05, 0) is 55.5 Å². The molecular formula is C24H31N3O2. The van der Waals surface area contributed by atoms with Gasteiger partial charge in [-0.1, -0.05) is 30.3 Å². The van der Waals surface area contributed by atoms with E-state index in [0.717, 1.165) is 42.8 Å². The largest absolute Gasteiger partial charge is 0.496 e. The molecule has 4 rings (SSSR count). The fourth-order valence-electron chi connectivity index (χ4n) is 4.59. The molecule has 2 heterocycles. The SMILES string of the molecule is COc1cc2c(cc1CN[C@H]1CCCN[C@H]1c1ccccc1)N(C)C(=O)CCC2. The summed E-state index contributed by atoms with van der Waals surface area (Å²) in [6.07, 6.45) is 4.72. The standard InChI is InChI=1S/C24H31N3O2/c1-27-21-14-19(22(29-2)15-18(21)10-6-12-23(27)28)16-26-20-11-7-13-25-24(20)17-8-4-3-5-9-17/h3-5,8-9,14-15,20,24-26H,6-7,10-13,16H2,1-2H3/t20-,24-/m0/s1. The van der Waals surface area contributed by atoms with Crippen molar-refractivity contribution >= 4 is 11.6 Å². The van der Waals surface area contributed by atoms with Crippen molar-refractivity contribution in [3.05, 3.63) is 59.2 Å². The van der Waals surface area contributed by atoms with Crippen LogP contribution in [0, 0.1) is 0 Å². The minimum atomic E-state index is 0.188. The summed E-state index contributed by atoms with van der Waals surface area (Å²) in [5.41, 5.74) is 4.64. The Morgan fingerprint density at radius 2 is 2.00 bits per heavy atom. The minimum absolute atomic E-state index is 0.188. The number of ether oxygens (including phenoxy) is 1. The smallest absolute Gasteiger partial charge is 0.226 e. The molecule has 2 aromatic rings. The number of piperidine rings is 1. The molecule has 2 aliphatic heterocycles. The highest BCUT2D eigenvalue weighted by Gasteiger charge is 2.26. The lowest BCUT2D eigenvalue weighted by molar-refractivity contribution is -0.118. The average molecular weight is 394 g/mol. The molecule has 0 aliphatic carbocycles. The Morgan fingerprint density at radius 3 is 2.79 bits per heavy atom. The van der Waals surface area contributed by atoms with Gasteiger partial charge in [0, 0.05) is 43.3 Å². The number of aryl methyl sites for hydroxylation is 1. The molecule has 154 valence electrons. The van der Waals surface area contributed by atoms with Gasteiger partial charge in [-0.15, -0.1) is 0 Å². The van der Waals surface area contributed by atoms with Crippen LogP contribution in [-0.4, -0.2) is 32.7 Å². The summed E-state index contributed by atoms with van der Waals surface area (Å²) < 4.78 is 5.71. The molecule has 2 atom stereocenters. The Hall–Kier alpha value is -2.37. The predicted molar refractivity (Wildman–Crippen MR) is 116 cm³/mol. The fourth-order valence-corrected chi connectivity index (χ4v) is 4.59. The number of carbonyl (C=O) groups excluding carboxylic acids is 1. The van der Waals surface area contributed by atoms with Crippen molar-refractivity contribution < 1.29 is 9.53 Å². The van der Waals surface area contributed by atoms with Crippen LogP contribution in [0.3, 0.4) is 0 Å². The maximum absolute atomic E-state index is 12.3. The van der Waals surface area contributed by atoms with Crippen LogP contribution in [0.25, 0.3) is 0 Å². The number of rotatable bonds is 5. The van der Waals surface area contributed by atoms with Crippen molar-refractivity contribution in [1.29, 1.82) is 0 Å². The zero-order valence-corrected chi connectivity index (χ0v) is 17.4. The Balaban J connectivity index is 1.55. The average Bonchev–Trinajstić information content (AvgIpc) is 2.90. The third-order valence-corrected chi connectivity index (χ3v) is 6.23. The van der Waals surface area contributed by atoms with E-state index >= 15 is 0 Å². The molecule has 1 amide bonds. The quantitative estimate of drug-likeness (QED) is 0.815. The Morgan fingerprint density at radius 1 is 1.17 bits per heavy atom. The summed E-state index contributed by atoms with van der Waals surface area (Å²) in [4.78, 5) is 14.1. The molecule has 0 saturated carbocycles. The summed E-state index contributed by atoms with van der Waals surface area (Å²) in [6, 6.07) is 15.6. The van der Waals surface area contributed by atoms with Gasteiger partial charge < -0.3 is 20.3 Å². The van der Waals surface area contributed by atoms with Crippen LogP contribution < -0.4 is 20.3 Å². The molecule has 1 saturated heterocycles. The number of anilines is 1. The molecule has 5 nitrogen and oxygen atoms in total. The molecule has 29 heavy (non-hydrogen) atoms. The second-order valence-electron chi connectivity index (χ2n) is 8.07. The summed E-state index contributed by atoms with van der Waals surface area (Å²) in [5, 5.41) is 7.44. The molecular weight excluding hydrogens is 362 g/mol. The van der Waals surface area contributed by atoms with Crippen LogP contribution in [-0.2, 0) is 17.8 Å². The van der Waals surface area contributed by atoms with E-state index in [1.165, 1.54) is 17.5 Å². The number of nitrogens with one attached hydrogen (secondary N) is 2. The summed E-state index contributed by atoms with van der Waals surface area (Å²) in [7, 11) is 3.61. The normalized spacial score (nSPS) is 22.1. The first kappa shape index (κ1) is 19.9. The first-order valence-corrected chi connectivity index (χ1v) is 10.7. The zero-order chi connectivity index (χ0) is 20.2. The van der Waals surface area contributed by atoms with Gasteiger partial charge in [-0.3, -0.25) is 4.79 Å². The number of hydrogen-bond acceptors (Lipinski definition) is 4. The monoisotopic (exact) mass is 393 g/mol. The van der Waals surface area contributed by atoms with Gasteiger partial charge in [0.1, 0.15) is 5.75 Å². The molecule has 1 fully saturated rings. The van der Waals surface area contributed by atoms with Gasteiger partial charge in [0.05, 0.1) is 7.11 Å².